The fourth-order valence-corrected chi connectivity index (χ4v) is 2.06. The van der Waals surface area contributed by atoms with Crippen LogP contribution in [0.25, 0.3) is 0 Å². The topological polar surface area (TPSA) is 45.0 Å². The number of nitrogens with one attached hydrogen (secondary N) is 1. The minimum absolute atomic E-state index is 0.120. The van der Waals surface area contributed by atoms with E-state index < -0.39 is 0 Å². The highest BCUT2D eigenvalue weighted by atomic mass is 16.5. The normalized spacial score (nSPS) is 13.5. The molecule has 110 valence electrons. The first-order valence-electron chi connectivity index (χ1n) is 7.57. The van der Waals surface area contributed by atoms with E-state index in [4.69, 9.17) is 10.00 Å². The molecule has 1 aromatic rings. The van der Waals surface area contributed by atoms with E-state index in [0.717, 1.165) is 25.1 Å². The molecule has 3 nitrogen and oxygen atoms in total. The Kier molecular flexibility index (Phi) is 7.75. The van der Waals surface area contributed by atoms with Gasteiger partial charge in [0.05, 0.1) is 18.7 Å². The molecule has 0 spiro atoms. The Hall–Kier alpha value is -1.53. The second-order valence-electron chi connectivity index (χ2n) is 5.12. The molecule has 3 heteroatoms. The molecule has 0 radical (unpaired) electrons. The van der Waals surface area contributed by atoms with Crippen LogP contribution in [0.5, 0.6) is 5.75 Å². The van der Waals surface area contributed by atoms with E-state index in [1.54, 1.807) is 0 Å². The lowest BCUT2D eigenvalue weighted by atomic mass is 9.98. The molecule has 0 saturated carbocycles. The molecule has 0 aromatic heterocycles. The Bertz CT molecular complexity index is 425. The van der Waals surface area contributed by atoms with Gasteiger partial charge in [0.25, 0.3) is 0 Å². The average molecular weight is 274 g/mol. The zero-order chi connectivity index (χ0) is 14.8. The van der Waals surface area contributed by atoms with Crippen LogP contribution in [0.4, 0.5) is 0 Å². The van der Waals surface area contributed by atoms with Gasteiger partial charge in [-0.15, -0.1) is 0 Å². The van der Waals surface area contributed by atoms with E-state index in [1.807, 2.05) is 12.1 Å². The molecule has 0 bridgehead atoms. The van der Waals surface area contributed by atoms with Crippen molar-refractivity contribution in [3.05, 3.63) is 29.8 Å². The number of hydrogen-bond donors (Lipinski definition) is 1. The van der Waals surface area contributed by atoms with Crippen LogP contribution in [0.2, 0.25) is 0 Å². The van der Waals surface area contributed by atoms with Crippen molar-refractivity contribution >= 4 is 0 Å². The molecule has 0 aliphatic heterocycles. The van der Waals surface area contributed by atoms with Gasteiger partial charge in [0.2, 0.25) is 0 Å². The maximum absolute atomic E-state index is 9.06. The molecule has 2 atom stereocenters. The van der Waals surface area contributed by atoms with E-state index >= 15 is 0 Å². The monoisotopic (exact) mass is 274 g/mol. The van der Waals surface area contributed by atoms with Crippen molar-refractivity contribution in [1.29, 1.82) is 5.26 Å². The van der Waals surface area contributed by atoms with Crippen molar-refractivity contribution in [1.82, 2.24) is 5.32 Å². The summed E-state index contributed by atoms with van der Waals surface area (Å²) in [7, 11) is 0. The summed E-state index contributed by atoms with van der Waals surface area (Å²) in [5.74, 6) is 1.45. The van der Waals surface area contributed by atoms with E-state index in [9.17, 15) is 0 Å². The second kappa shape index (κ2) is 9.39. The first-order valence-corrected chi connectivity index (χ1v) is 7.57. The molecule has 0 heterocycles. The highest BCUT2D eigenvalue weighted by Crippen LogP contribution is 2.28. The van der Waals surface area contributed by atoms with Gasteiger partial charge in [-0.1, -0.05) is 39.0 Å². The number of nitriles is 1. The van der Waals surface area contributed by atoms with Gasteiger partial charge in [-0.25, -0.2) is 0 Å². The maximum atomic E-state index is 9.06. The standard InChI is InChI=1S/C17H26N2O/c1-4-11-19-15(13-18)10-12-20-17-9-7-6-8-16(17)14(3)5-2/h6-9,14-15,19H,4-5,10-12H2,1-3H3. The Morgan fingerprint density at radius 1 is 1.30 bits per heavy atom. The summed E-state index contributed by atoms with van der Waals surface area (Å²) < 4.78 is 5.88. The SMILES string of the molecule is CCCNC(C#N)CCOc1ccccc1C(C)CC. The largest absolute Gasteiger partial charge is 0.493 e. The number of ether oxygens (including phenoxy) is 1. The first kappa shape index (κ1) is 16.5. The third-order valence-electron chi connectivity index (χ3n) is 3.52. The summed E-state index contributed by atoms with van der Waals surface area (Å²) in [5, 5.41) is 12.3. The maximum Gasteiger partial charge on any atom is 0.122 e. The van der Waals surface area contributed by atoms with Crippen LogP contribution in [0.3, 0.4) is 0 Å². The summed E-state index contributed by atoms with van der Waals surface area (Å²) >= 11 is 0. The van der Waals surface area contributed by atoms with E-state index in [-0.39, 0.29) is 6.04 Å². The van der Waals surface area contributed by atoms with Crippen molar-refractivity contribution in [2.45, 2.75) is 52.0 Å². The molecule has 0 fully saturated rings. The summed E-state index contributed by atoms with van der Waals surface area (Å²) in [6.45, 7) is 7.94. The molecule has 2 unspecified atom stereocenters. The molecule has 1 rings (SSSR count). The van der Waals surface area contributed by atoms with Crippen LogP contribution in [0, 0.1) is 11.3 Å². The Morgan fingerprint density at radius 3 is 2.70 bits per heavy atom. The van der Waals surface area contributed by atoms with Gasteiger partial charge in [0, 0.05) is 6.42 Å². The smallest absolute Gasteiger partial charge is 0.122 e. The fraction of sp³-hybridized carbons (Fsp3) is 0.588. The zero-order valence-electron chi connectivity index (χ0n) is 12.9. The second-order valence-corrected chi connectivity index (χ2v) is 5.12. The predicted octanol–water partition coefficient (Wildman–Crippen LogP) is 3.86. The first-order chi connectivity index (χ1) is 9.72. The minimum Gasteiger partial charge on any atom is -0.493 e. The van der Waals surface area contributed by atoms with Gasteiger partial charge in [-0.3, -0.25) is 0 Å². The quantitative estimate of drug-likeness (QED) is 0.743. The molecular weight excluding hydrogens is 248 g/mol. The summed E-state index contributed by atoms with van der Waals surface area (Å²) in [6, 6.07) is 10.4. The van der Waals surface area contributed by atoms with Crippen LogP contribution in [0.15, 0.2) is 24.3 Å². The molecule has 0 saturated heterocycles. The predicted molar refractivity (Wildman–Crippen MR) is 83.0 cm³/mol. The summed E-state index contributed by atoms with van der Waals surface area (Å²) in [6.07, 6.45) is 2.85. The van der Waals surface area contributed by atoms with Crippen LogP contribution in [-0.2, 0) is 0 Å². The number of nitrogens with zero attached hydrogens (tertiary/aromatic N) is 1. The van der Waals surface area contributed by atoms with Gasteiger partial charge in [0.15, 0.2) is 0 Å². The molecule has 0 aliphatic carbocycles. The molecule has 20 heavy (non-hydrogen) atoms. The van der Waals surface area contributed by atoms with E-state index in [1.165, 1.54) is 5.56 Å². The molecule has 1 N–H and O–H groups in total. The lowest BCUT2D eigenvalue weighted by molar-refractivity contribution is 0.293. The Labute approximate surface area is 123 Å². The van der Waals surface area contributed by atoms with Gasteiger partial charge in [-0.05, 0) is 36.9 Å². The van der Waals surface area contributed by atoms with Crippen molar-refractivity contribution in [2.24, 2.45) is 0 Å². The van der Waals surface area contributed by atoms with E-state index in [2.05, 4.69) is 44.3 Å². The summed E-state index contributed by atoms with van der Waals surface area (Å²) in [4.78, 5) is 0. The summed E-state index contributed by atoms with van der Waals surface area (Å²) in [5.41, 5.74) is 1.25. The Balaban J connectivity index is 2.51. The van der Waals surface area contributed by atoms with Crippen LogP contribution in [0.1, 0.15) is 51.5 Å². The van der Waals surface area contributed by atoms with Gasteiger partial charge < -0.3 is 10.1 Å². The molecular formula is C17H26N2O. The third kappa shape index (κ3) is 5.22. The minimum atomic E-state index is -0.120. The Morgan fingerprint density at radius 2 is 2.05 bits per heavy atom. The van der Waals surface area contributed by atoms with Crippen LogP contribution < -0.4 is 10.1 Å². The molecule has 0 amide bonds. The van der Waals surface area contributed by atoms with Crippen molar-refractivity contribution in [3.63, 3.8) is 0 Å². The van der Waals surface area contributed by atoms with Crippen molar-refractivity contribution in [3.8, 4) is 11.8 Å². The lowest BCUT2D eigenvalue weighted by Gasteiger charge is -2.17. The average Bonchev–Trinajstić information content (AvgIpc) is 2.50. The van der Waals surface area contributed by atoms with Gasteiger partial charge in [0.1, 0.15) is 5.75 Å². The zero-order valence-corrected chi connectivity index (χ0v) is 12.9. The van der Waals surface area contributed by atoms with Crippen molar-refractivity contribution in [2.75, 3.05) is 13.2 Å². The van der Waals surface area contributed by atoms with Crippen LogP contribution in [-0.4, -0.2) is 19.2 Å². The molecule has 0 aliphatic rings. The lowest BCUT2D eigenvalue weighted by Crippen LogP contribution is -2.29. The van der Waals surface area contributed by atoms with Gasteiger partial charge in [-0.2, -0.15) is 5.26 Å². The number of rotatable bonds is 9. The highest BCUT2D eigenvalue weighted by Gasteiger charge is 2.11. The van der Waals surface area contributed by atoms with Crippen molar-refractivity contribution < 1.29 is 4.74 Å². The van der Waals surface area contributed by atoms with E-state index in [0.29, 0.717) is 18.9 Å². The van der Waals surface area contributed by atoms with Crippen LogP contribution >= 0.6 is 0 Å². The number of benzene rings is 1. The van der Waals surface area contributed by atoms with Gasteiger partial charge >= 0.3 is 0 Å². The highest BCUT2D eigenvalue weighted by molar-refractivity contribution is 5.35. The number of para-hydroxylation sites is 1. The fourth-order valence-electron chi connectivity index (χ4n) is 2.06. The third-order valence-corrected chi connectivity index (χ3v) is 3.52. The number of hydrogen-bond acceptors (Lipinski definition) is 3. The molecule has 1 aromatic carbocycles.